The van der Waals surface area contributed by atoms with Crippen molar-refractivity contribution in [2.45, 2.75) is 26.8 Å². The molecule has 0 spiro atoms. The van der Waals surface area contributed by atoms with Crippen LogP contribution in [0, 0.1) is 13.0 Å². The topological polar surface area (TPSA) is 27.1 Å². The molecular weight excluding hydrogens is 284 g/mol. The first-order chi connectivity index (χ1) is 11.1. The number of aromatic nitrogens is 2. The summed E-state index contributed by atoms with van der Waals surface area (Å²) in [5.41, 5.74) is 4.44. The van der Waals surface area contributed by atoms with Crippen LogP contribution in [0.2, 0.25) is 0 Å². The highest BCUT2D eigenvalue weighted by atomic mass is 16.5. The van der Waals surface area contributed by atoms with E-state index in [0.29, 0.717) is 6.04 Å². The molecule has 0 saturated heterocycles. The molecule has 0 aliphatic rings. The predicted octanol–water partition coefficient (Wildman–Crippen LogP) is 4.80. The summed E-state index contributed by atoms with van der Waals surface area (Å²) in [5.74, 6) is 1.77. The molecule has 1 radical (unpaired) electrons. The summed E-state index contributed by atoms with van der Waals surface area (Å²) in [6.07, 6.45) is 5.27. The Labute approximate surface area is 137 Å². The highest BCUT2D eigenvalue weighted by Crippen LogP contribution is 2.23. The van der Waals surface area contributed by atoms with Crippen LogP contribution in [-0.2, 0) is 0 Å². The van der Waals surface area contributed by atoms with Crippen LogP contribution in [0.15, 0.2) is 42.5 Å². The van der Waals surface area contributed by atoms with Gasteiger partial charge >= 0.3 is 0 Å². The standard InChI is InChI=1S/C20H21N2O/c1-14(2)22-19-13-15(3)5-11-18(19)21-20(22)12-8-16-6-9-17(23-4)10-7-16/h5-7,9-14H,1-4H3. The fourth-order valence-electron chi connectivity index (χ4n) is 2.70. The Balaban J connectivity index is 2.01. The minimum atomic E-state index is 0.339. The smallest absolute Gasteiger partial charge is 0.134 e. The number of ether oxygens (including phenoxy) is 1. The van der Waals surface area contributed by atoms with Crippen LogP contribution in [0.5, 0.6) is 5.75 Å². The second-order valence-electron chi connectivity index (χ2n) is 5.94. The SMILES string of the molecule is COc1ccc([C]=Cc2nc3ccc(C)cc3n2C(C)C)cc1. The van der Waals surface area contributed by atoms with E-state index in [4.69, 9.17) is 9.72 Å². The molecule has 0 atom stereocenters. The number of hydrogen-bond donors (Lipinski definition) is 0. The summed E-state index contributed by atoms with van der Waals surface area (Å²) in [6, 6.07) is 14.5. The van der Waals surface area contributed by atoms with E-state index in [9.17, 15) is 0 Å². The average Bonchev–Trinajstić information content (AvgIpc) is 2.91. The van der Waals surface area contributed by atoms with Crippen molar-refractivity contribution in [1.29, 1.82) is 0 Å². The van der Waals surface area contributed by atoms with E-state index in [0.717, 1.165) is 22.7 Å². The van der Waals surface area contributed by atoms with Crippen LogP contribution in [0.4, 0.5) is 0 Å². The summed E-state index contributed by atoms with van der Waals surface area (Å²) in [7, 11) is 1.67. The van der Waals surface area contributed by atoms with Gasteiger partial charge in [-0.3, -0.25) is 0 Å². The molecule has 23 heavy (non-hydrogen) atoms. The molecule has 0 N–H and O–H groups in total. The number of aryl methyl sites for hydroxylation is 1. The molecule has 0 unspecified atom stereocenters. The summed E-state index contributed by atoms with van der Waals surface area (Å²) < 4.78 is 7.43. The predicted molar refractivity (Wildman–Crippen MR) is 94.7 cm³/mol. The molecule has 3 heteroatoms. The zero-order chi connectivity index (χ0) is 16.4. The first-order valence-electron chi connectivity index (χ1n) is 7.81. The van der Waals surface area contributed by atoms with Gasteiger partial charge in [-0.25, -0.2) is 4.98 Å². The number of fused-ring (bicyclic) bond motifs is 1. The molecule has 0 amide bonds. The molecular formula is C20H21N2O. The van der Waals surface area contributed by atoms with E-state index in [1.165, 1.54) is 11.1 Å². The Morgan fingerprint density at radius 2 is 1.87 bits per heavy atom. The highest BCUT2D eigenvalue weighted by molar-refractivity contribution is 5.79. The number of rotatable bonds is 4. The molecule has 0 aliphatic heterocycles. The molecule has 117 valence electrons. The van der Waals surface area contributed by atoms with E-state index in [1.807, 2.05) is 30.3 Å². The van der Waals surface area contributed by atoms with Crippen molar-refractivity contribution in [3.63, 3.8) is 0 Å². The largest absolute Gasteiger partial charge is 0.497 e. The normalized spacial score (nSPS) is 11.7. The Morgan fingerprint density at radius 3 is 2.52 bits per heavy atom. The summed E-state index contributed by atoms with van der Waals surface area (Å²) in [4.78, 5) is 4.74. The van der Waals surface area contributed by atoms with Crippen molar-refractivity contribution < 1.29 is 4.74 Å². The lowest BCUT2D eigenvalue weighted by molar-refractivity contribution is 0.415. The Kier molecular flexibility index (Phi) is 4.20. The molecule has 3 aromatic rings. The summed E-state index contributed by atoms with van der Waals surface area (Å²) >= 11 is 0. The van der Waals surface area contributed by atoms with Gasteiger partial charge in [0.2, 0.25) is 0 Å². The van der Waals surface area contributed by atoms with Crippen molar-refractivity contribution in [3.8, 4) is 5.75 Å². The maximum absolute atomic E-state index is 5.18. The number of benzene rings is 2. The van der Waals surface area contributed by atoms with Gasteiger partial charge in [0, 0.05) is 6.04 Å². The van der Waals surface area contributed by atoms with Gasteiger partial charge in [-0.2, -0.15) is 0 Å². The maximum atomic E-state index is 5.18. The third-order valence-corrected chi connectivity index (χ3v) is 3.85. The van der Waals surface area contributed by atoms with Crippen LogP contribution in [0.1, 0.15) is 36.8 Å². The van der Waals surface area contributed by atoms with Gasteiger partial charge in [-0.05, 0) is 68.3 Å². The van der Waals surface area contributed by atoms with E-state index in [2.05, 4.69) is 49.6 Å². The van der Waals surface area contributed by atoms with Crippen molar-refractivity contribution in [2.75, 3.05) is 7.11 Å². The van der Waals surface area contributed by atoms with Crippen LogP contribution < -0.4 is 4.74 Å². The molecule has 0 saturated carbocycles. The number of hydrogen-bond acceptors (Lipinski definition) is 2. The van der Waals surface area contributed by atoms with E-state index in [1.54, 1.807) is 7.11 Å². The van der Waals surface area contributed by atoms with Gasteiger partial charge in [0.15, 0.2) is 0 Å². The highest BCUT2D eigenvalue weighted by Gasteiger charge is 2.11. The fraction of sp³-hybridized carbons (Fsp3) is 0.250. The minimum absolute atomic E-state index is 0.339. The second kappa shape index (κ2) is 6.29. The Hall–Kier alpha value is -2.55. The zero-order valence-electron chi connectivity index (χ0n) is 14.0. The average molecular weight is 305 g/mol. The number of nitrogens with zero attached hydrogens (tertiary/aromatic N) is 2. The molecule has 3 rings (SSSR count). The third kappa shape index (κ3) is 3.14. The van der Waals surface area contributed by atoms with Crippen molar-refractivity contribution in [3.05, 3.63) is 65.5 Å². The second-order valence-corrected chi connectivity index (χ2v) is 5.94. The Bertz CT molecular complexity index is 842. The van der Waals surface area contributed by atoms with Gasteiger partial charge in [-0.15, -0.1) is 0 Å². The van der Waals surface area contributed by atoms with E-state index < -0.39 is 0 Å². The van der Waals surface area contributed by atoms with Crippen molar-refractivity contribution in [1.82, 2.24) is 9.55 Å². The third-order valence-electron chi connectivity index (χ3n) is 3.85. The lowest BCUT2D eigenvalue weighted by Crippen LogP contribution is -2.03. The zero-order valence-corrected chi connectivity index (χ0v) is 14.0. The molecule has 2 aromatic carbocycles. The van der Waals surface area contributed by atoms with E-state index >= 15 is 0 Å². The molecule has 0 aliphatic carbocycles. The Morgan fingerprint density at radius 1 is 1.13 bits per heavy atom. The van der Waals surface area contributed by atoms with Gasteiger partial charge in [0.05, 0.1) is 18.1 Å². The summed E-state index contributed by atoms with van der Waals surface area (Å²) in [5, 5.41) is 0. The van der Waals surface area contributed by atoms with Crippen LogP contribution in [-0.4, -0.2) is 16.7 Å². The number of methoxy groups -OCH3 is 1. The first kappa shape index (κ1) is 15.3. The maximum Gasteiger partial charge on any atom is 0.134 e. The van der Waals surface area contributed by atoms with Crippen molar-refractivity contribution in [2.24, 2.45) is 0 Å². The molecule has 3 nitrogen and oxygen atoms in total. The van der Waals surface area contributed by atoms with Gasteiger partial charge < -0.3 is 9.30 Å². The monoisotopic (exact) mass is 305 g/mol. The van der Waals surface area contributed by atoms with Crippen molar-refractivity contribution >= 4 is 17.1 Å². The van der Waals surface area contributed by atoms with Crippen LogP contribution in [0.25, 0.3) is 17.1 Å². The minimum Gasteiger partial charge on any atom is -0.497 e. The molecule has 0 bridgehead atoms. The molecule has 1 heterocycles. The lowest BCUT2D eigenvalue weighted by Gasteiger charge is -2.11. The van der Waals surface area contributed by atoms with Gasteiger partial charge in [-0.1, -0.05) is 18.2 Å². The van der Waals surface area contributed by atoms with E-state index in [-0.39, 0.29) is 0 Å². The first-order valence-corrected chi connectivity index (χ1v) is 7.81. The summed E-state index contributed by atoms with van der Waals surface area (Å²) in [6.45, 7) is 6.46. The molecule has 0 fully saturated rings. The van der Waals surface area contributed by atoms with Gasteiger partial charge in [0.1, 0.15) is 11.6 Å². The molecule has 1 aromatic heterocycles. The number of imidazole rings is 1. The van der Waals surface area contributed by atoms with Crippen LogP contribution in [0.3, 0.4) is 0 Å². The van der Waals surface area contributed by atoms with Gasteiger partial charge in [0.25, 0.3) is 0 Å². The van der Waals surface area contributed by atoms with Crippen LogP contribution >= 0.6 is 0 Å². The lowest BCUT2D eigenvalue weighted by atomic mass is 10.2. The quantitative estimate of drug-likeness (QED) is 0.692. The fourth-order valence-corrected chi connectivity index (χ4v) is 2.70.